The van der Waals surface area contributed by atoms with E-state index in [-0.39, 0.29) is 0 Å². The molecule has 0 aromatic heterocycles. The van der Waals surface area contributed by atoms with Crippen molar-refractivity contribution in [1.82, 2.24) is 0 Å². The maximum atomic E-state index is 10.6. The highest BCUT2D eigenvalue weighted by Crippen LogP contribution is 2.39. The first-order chi connectivity index (χ1) is 7.61. The van der Waals surface area contributed by atoms with Crippen LogP contribution >= 0.6 is 0 Å². The van der Waals surface area contributed by atoms with Crippen molar-refractivity contribution in [2.24, 2.45) is 5.41 Å². The molecule has 0 heterocycles. The molecule has 1 heteroatoms. The van der Waals surface area contributed by atoms with Crippen molar-refractivity contribution in [2.45, 2.75) is 33.1 Å². The minimum atomic E-state index is 0.410. The number of aldehydes is 1. The third-order valence-corrected chi connectivity index (χ3v) is 3.30. The van der Waals surface area contributed by atoms with E-state index in [4.69, 9.17) is 0 Å². The molecule has 0 unspecified atom stereocenters. The molecule has 0 bridgehead atoms. The fourth-order valence-electron chi connectivity index (χ4n) is 2.31. The minimum absolute atomic E-state index is 0.410. The summed E-state index contributed by atoms with van der Waals surface area (Å²) >= 11 is 0. The van der Waals surface area contributed by atoms with Crippen LogP contribution in [0.3, 0.4) is 0 Å². The van der Waals surface area contributed by atoms with E-state index < -0.39 is 0 Å². The summed E-state index contributed by atoms with van der Waals surface area (Å²) in [5.41, 5.74) is 3.85. The second-order valence-corrected chi connectivity index (χ2v) is 5.35. The Morgan fingerprint density at radius 2 is 1.88 bits per heavy atom. The molecule has 0 spiro atoms. The molecule has 16 heavy (non-hydrogen) atoms. The van der Waals surface area contributed by atoms with Gasteiger partial charge in [0.25, 0.3) is 0 Å². The van der Waals surface area contributed by atoms with E-state index in [1.54, 1.807) is 0 Å². The van der Waals surface area contributed by atoms with E-state index in [1.807, 2.05) is 12.1 Å². The Morgan fingerprint density at radius 3 is 2.44 bits per heavy atom. The lowest BCUT2D eigenvalue weighted by Crippen LogP contribution is -2.15. The standard InChI is InChI=1S/C15H18O/c1-15(2)9-3-4-14(10-15)13-7-5-12(11-16)6-8-13/h4-8,11H,3,9-10H2,1-2H3. The summed E-state index contributed by atoms with van der Waals surface area (Å²) in [6.45, 7) is 4.64. The third kappa shape index (κ3) is 2.41. The predicted octanol–water partition coefficient (Wildman–Crippen LogP) is 4.09. The lowest BCUT2D eigenvalue weighted by atomic mass is 9.76. The number of hydrogen-bond donors (Lipinski definition) is 0. The van der Waals surface area contributed by atoms with Crippen molar-refractivity contribution in [3.63, 3.8) is 0 Å². The second-order valence-electron chi connectivity index (χ2n) is 5.35. The third-order valence-electron chi connectivity index (χ3n) is 3.30. The first kappa shape index (κ1) is 11.1. The van der Waals surface area contributed by atoms with E-state index in [2.05, 4.69) is 32.1 Å². The number of hydrogen-bond acceptors (Lipinski definition) is 1. The quantitative estimate of drug-likeness (QED) is 0.677. The van der Waals surface area contributed by atoms with Gasteiger partial charge in [-0.25, -0.2) is 0 Å². The molecule has 0 amide bonds. The first-order valence-corrected chi connectivity index (χ1v) is 5.85. The molecule has 2 rings (SSSR count). The van der Waals surface area contributed by atoms with Gasteiger partial charge in [-0.2, -0.15) is 0 Å². The summed E-state index contributed by atoms with van der Waals surface area (Å²) < 4.78 is 0. The first-order valence-electron chi connectivity index (χ1n) is 5.85. The molecule has 84 valence electrons. The molecule has 1 aliphatic carbocycles. The topological polar surface area (TPSA) is 17.1 Å². The van der Waals surface area contributed by atoms with Crippen molar-refractivity contribution in [1.29, 1.82) is 0 Å². The van der Waals surface area contributed by atoms with Gasteiger partial charge in [0.1, 0.15) is 6.29 Å². The normalized spacial score (nSPS) is 19.0. The zero-order chi connectivity index (χ0) is 11.6. The van der Waals surface area contributed by atoms with Gasteiger partial charge in [-0.1, -0.05) is 44.2 Å². The van der Waals surface area contributed by atoms with Gasteiger partial charge in [0.05, 0.1) is 0 Å². The molecule has 1 aliphatic rings. The van der Waals surface area contributed by atoms with Gasteiger partial charge in [-0.15, -0.1) is 0 Å². The number of rotatable bonds is 2. The number of carbonyl (C=O) groups excluding carboxylic acids is 1. The maximum absolute atomic E-state index is 10.6. The summed E-state index contributed by atoms with van der Waals surface area (Å²) in [5.74, 6) is 0. The lowest BCUT2D eigenvalue weighted by Gasteiger charge is -2.29. The Kier molecular flexibility index (Phi) is 2.95. The van der Waals surface area contributed by atoms with Gasteiger partial charge in [-0.3, -0.25) is 4.79 Å². The molecule has 0 fully saturated rings. The number of carbonyl (C=O) groups is 1. The van der Waals surface area contributed by atoms with Crippen molar-refractivity contribution >= 4 is 11.9 Å². The van der Waals surface area contributed by atoms with Crippen LogP contribution < -0.4 is 0 Å². The Hall–Kier alpha value is -1.37. The van der Waals surface area contributed by atoms with Gasteiger partial charge in [0.15, 0.2) is 0 Å². The van der Waals surface area contributed by atoms with Crippen LogP contribution in [-0.2, 0) is 0 Å². The smallest absolute Gasteiger partial charge is 0.150 e. The van der Waals surface area contributed by atoms with Crippen LogP contribution in [0.25, 0.3) is 5.57 Å². The molecular formula is C15H18O. The molecule has 0 atom stereocenters. The molecule has 0 aliphatic heterocycles. The van der Waals surface area contributed by atoms with Gasteiger partial charge in [0, 0.05) is 5.56 Å². The number of allylic oxidation sites excluding steroid dienone is 2. The Labute approximate surface area is 97.2 Å². The van der Waals surface area contributed by atoms with E-state index in [1.165, 1.54) is 17.6 Å². The van der Waals surface area contributed by atoms with Crippen LogP contribution in [0.1, 0.15) is 49.0 Å². The SMILES string of the molecule is CC1(C)CCC=C(c2ccc(C=O)cc2)C1. The fourth-order valence-corrected chi connectivity index (χ4v) is 2.31. The lowest BCUT2D eigenvalue weighted by molar-refractivity contribution is 0.112. The predicted molar refractivity (Wildman–Crippen MR) is 67.4 cm³/mol. The van der Waals surface area contributed by atoms with Gasteiger partial charge < -0.3 is 0 Å². The van der Waals surface area contributed by atoms with Crippen molar-refractivity contribution in [2.75, 3.05) is 0 Å². The van der Waals surface area contributed by atoms with Crippen LogP contribution in [0, 0.1) is 5.41 Å². The van der Waals surface area contributed by atoms with Gasteiger partial charge in [-0.05, 0) is 35.8 Å². The van der Waals surface area contributed by atoms with Crippen molar-refractivity contribution < 1.29 is 4.79 Å². The summed E-state index contributed by atoms with van der Waals surface area (Å²) in [5, 5.41) is 0. The summed E-state index contributed by atoms with van der Waals surface area (Å²) in [6, 6.07) is 7.89. The summed E-state index contributed by atoms with van der Waals surface area (Å²) in [7, 11) is 0. The molecule has 0 radical (unpaired) electrons. The number of benzene rings is 1. The molecule has 0 N–H and O–H groups in total. The minimum Gasteiger partial charge on any atom is -0.298 e. The van der Waals surface area contributed by atoms with Crippen LogP contribution in [0.4, 0.5) is 0 Å². The largest absolute Gasteiger partial charge is 0.298 e. The van der Waals surface area contributed by atoms with Crippen molar-refractivity contribution in [3.05, 3.63) is 41.5 Å². The highest BCUT2D eigenvalue weighted by molar-refractivity contribution is 5.76. The Balaban J connectivity index is 2.24. The molecule has 1 aromatic carbocycles. The Morgan fingerprint density at radius 1 is 1.19 bits per heavy atom. The molecule has 0 saturated heterocycles. The summed E-state index contributed by atoms with van der Waals surface area (Å²) in [4.78, 5) is 10.6. The average Bonchev–Trinajstić information content (AvgIpc) is 2.28. The van der Waals surface area contributed by atoms with E-state index in [9.17, 15) is 4.79 Å². The zero-order valence-corrected chi connectivity index (χ0v) is 9.99. The van der Waals surface area contributed by atoms with Crippen molar-refractivity contribution in [3.8, 4) is 0 Å². The van der Waals surface area contributed by atoms with Crippen LogP contribution in [-0.4, -0.2) is 6.29 Å². The van der Waals surface area contributed by atoms with E-state index >= 15 is 0 Å². The van der Waals surface area contributed by atoms with Crippen LogP contribution in [0.5, 0.6) is 0 Å². The van der Waals surface area contributed by atoms with Gasteiger partial charge >= 0.3 is 0 Å². The molecular weight excluding hydrogens is 196 g/mol. The molecule has 1 nitrogen and oxygen atoms in total. The summed E-state index contributed by atoms with van der Waals surface area (Å²) in [6.07, 6.45) is 6.79. The molecule has 0 saturated carbocycles. The average molecular weight is 214 g/mol. The highest BCUT2D eigenvalue weighted by Gasteiger charge is 2.23. The van der Waals surface area contributed by atoms with Gasteiger partial charge in [0.2, 0.25) is 0 Å². The molecule has 1 aromatic rings. The van der Waals surface area contributed by atoms with Crippen LogP contribution in [0.15, 0.2) is 30.3 Å². The monoisotopic (exact) mass is 214 g/mol. The Bertz CT molecular complexity index is 410. The second kappa shape index (κ2) is 4.25. The van der Waals surface area contributed by atoms with Crippen LogP contribution in [0.2, 0.25) is 0 Å². The zero-order valence-electron chi connectivity index (χ0n) is 9.99. The fraction of sp³-hybridized carbons (Fsp3) is 0.400. The van der Waals surface area contributed by atoms with E-state index in [0.717, 1.165) is 24.7 Å². The highest BCUT2D eigenvalue weighted by atomic mass is 16.1. The van der Waals surface area contributed by atoms with E-state index in [0.29, 0.717) is 5.41 Å². The maximum Gasteiger partial charge on any atom is 0.150 e.